The summed E-state index contributed by atoms with van der Waals surface area (Å²) in [7, 11) is -4.56. The molecule has 78 valence electrons. The van der Waals surface area contributed by atoms with E-state index in [0.717, 1.165) is 0 Å². The summed E-state index contributed by atoms with van der Waals surface area (Å²) < 4.78 is 14.3. The third-order valence-electron chi connectivity index (χ3n) is 1.33. The smallest absolute Gasteiger partial charge is 0.351 e. The summed E-state index contributed by atoms with van der Waals surface area (Å²) in [6.07, 6.45) is 2.92. The fourth-order valence-electron chi connectivity index (χ4n) is 0.797. The van der Waals surface area contributed by atoms with E-state index in [0.29, 0.717) is 5.69 Å². The standard InChI is InChI=1S/C6H9N2O5P/c9-6(3-13-14(10,11)12)1-5-2-7-4-8-5/h2,4H,1,3H2,(H,7,8)(H2,10,11,12). The predicted octanol–water partition coefficient (Wildman–Crippen LogP) is -0.369. The number of H-pyrrole nitrogens is 1. The Morgan fingerprint density at radius 2 is 2.36 bits per heavy atom. The van der Waals surface area contributed by atoms with E-state index in [2.05, 4.69) is 14.5 Å². The minimum atomic E-state index is -4.56. The Morgan fingerprint density at radius 1 is 1.64 bits per heavy atom. The zero-order valence-electron chi connectivity index (χ0n) is 7.08. The lowest BCUT2D eigenvalue weighted by atomic mass is 10.2. The quantitative estimate of drug-likeness (QED) is 0.583. The average Bonchev–Trinajstić information content (AvgIpc) is 2.52. The molecule has 0 spiro atoms. The lowest BCUT2D eigenvalue weighted by molar-refractivity contribution is -0.120. The van der Waals surface area contributed by atoms with Crippen LogP contribution in [0.3, 0.4) is 0 Å². The summed E-state index contributed by atoms with van der Waals surface area (Å²) in [5, 5.41) is 0. The molecular weight excluding hydrogens is 211 g/mol. The van der Waals surface area contributed by atoms with Gasteiger partial charge in [0.05, 0.1) is 18.4 Å². The molecule has 1 rings (SSSR count). The monoisotopic (exact) mass is 220 g/mol. The SMILES string of the molecule is O=C(COP(=O)(O)O)Cc1c[nH]cn1. The second kappa shape index (κ2) is 4.47. The Labute approximate surface area is 79.4 Å². The Bertz CT molecular complexity index is 343. The van der Waals surface area contributed by atoms with Gasteiger partial charge in [-0.15, -0.1) is 0 Å². The van der Waals surface area contributed by atoms with E-state index >= 15 is 0 Å². The summed E-state index contributed by atoms with van der Waals surface area (Å²) in [5.74, 6) is -0.444. The Morgan fingerprint density at radius 3 is 2.86 bits per heavy atom. The van der Waals surface area contributed by atoms with Crippen LogP contribution in [0.25, 0.3) is 0 Å². The third-order valence-corrected chi connectivity index (χ3v) is 1.79. The first-order chi connectivity index (χ1) is 6.47. The number of hydrogen-bond acceptors (Lipinski definition) is 4. The first kappa shape index (κ1) is 11.1. The van der Waals surface area contributed by atoms with Crippen molar-refractivity contribution in [3.63, 3.8) is 0 Å². The van der Waals surface area contributed by atoms with Crippen LogP contribution < -0.4 is 0 Å². The molecule has 0 bridgehead atoms. The molecule has 0 aliphatic rings. The summed E-state index contributed by atoms with van der Waals surface area (Å²) in [5.41, 5.74) is 0.504. The number of aromatic amines is 1. The third kappa shape index (κ3) is 4.29. The zero-order valence-corrected chi connectivity index (χ0v) is 7.98. The van der Waals surface area contributed by atoms with Crippen LogP contribution in [0, 0.1) is 0 Å². The van der Waals surface area contributed by atoms with E-state index in [-0.39, 0.29) is 6.42 Å². The summed E-state index contributed by atoms with van der Waals surface area (Å²) in [6, 6.07) is 0. The fraction of sp³-hybridized carbons (Fsp3) is 0.333. The number of nitrogens with one attached hydrogen (secondary N) is 1. The van der Waals surface area contributed by atoms with Crippen LogP contribution in [0.1, 0.15) is 5.69 Å². The molecule has 0 amide bonds. The van der Waals surface area contributed by atoms with E-state index in [9.17, 15) is 9.36 Å². The first-order valence-corrected chi connectivity index (χ1v) is 5.20. The van der Waals surface area contributed by atoms with Gasteiger partial charge in [0.1, 0.15) is 6.61 Å². The van der Waals surface area contributed by atoms with Crippen molar-refractivity contribution in [1.29, 1.82) is 0 Å². The molecule has 0 unspecified atom stereocenters. The molecule has 14 heavy (non-hydrogen) atoms. The van der Waals surface area contributed by atoms with Gasteiger partial charge in [0.2, 0.25) is 0 Å². The van der Waals surface area contributed by atoms with E-state index in [4.69, 9.17) is 9.79 Å². The number of carbonyl (C=O) groups excluding carboxylic acids is 1. The first-order valence-electron chi connectivity index (χ1n) is 3.67. The molecule has 0 fully saturated rings. The predicted molar refractivity (Wildman–Crippen MR) is 45.3 cm³/mol. The van der Waals surface area contributed by atoms with Crippen molar-refractivity contribution in [3.05, 3.63) is 18.2 Å². The molecule has 3 N–H and O–H groups in total. The van der Waals surface area contributed by atoms with Crippen molar-refractivity contribution in [1.82, 2.24) is 9.97 Å². The van der Waals surface area contributed by atoms with Crippen molar-refractivity contribution in [2.24, 2.45) is 0 Å². The minimum Gasteiger partial charge on any atom is -0.351 e. The van der Waals surface area contributed by atoms with Gasteiger partial charge in [-0.3, -0.25) is 9.32 Å². The van der Waals surface area contributed by atoms with Crippen LogP contribution in [0.15, 0.2) is 12.5 Å². The normalized spacial score (nSPS) is 11.6. The zero-order chi connectivity index (χ0) is 10.6. The molecule has 1 aromatic rings. The molecule has 0 radical (unpaired) electrons. The lowest BCUT2D eigenvalue weighted by Gasteiger charge is -2.02. The van der Waals surface area contributed by atoms with Crippen molar-refractivity contribution in [2.45, 2.75) is 6.42 Å². The van der Waals surface area contributed by atoms with Gasteiger partial charge in [0.15, 0.2) is 5.78 Å². The number of ketones is 1. The van der Waals surface area contributed by atoms with Gasteiger partial charge in [0.25, 0.3) is 0 Å². The van der Waals surface area contributed by atoms with Crippen LogP contribution in [-0.2, 0) is 20.3 Å². The maximum Gasteiger partial charge on any atom is 0.470 e. The van der Waals surface area contributed by atoms with Crippen molar-refractivity contribution in [2.75, 3.05) is 6.61 Å². The van der Waals surface area contributed by atoms with Gasteiger partial charge in [-0.25, -0.2) is 9.55 Å². The number of aromatic nitrogens is 2. The molecule has 0 aliphatic carbocycles. The van der Waals surface area contributed by atoms with Gasteiger partial charge in [-0.05, 0) is 0 Å². The summed E-state index contributed by atoms with van der Waals surface area (Å²) in [4.78, 5) is 34.1. The highest BCUT2D eigenvalue weighted by atomic mass is 31.2. The lowest BCUT2D eigenvalue weighted by Crippen LogP contribution is -2.10. The fourth-order valence-corrected chi connectivity index (χ4v) is 1.11. The Balaban J connectivity index is 2.34. The van der Waals surface area contributed by atoms with Crippen molar-refractivity contribution < 1.29 is 23.7 Å². The van der Waals surface area contributed by atoms with E-state index < -0.39 is 20.2 Å². The largest absolute Gasteiger partial charge is 0.470 e. The molecule has 1 aromatic heterocycles. The highest BCUT2D eigenvalue weighted by molar-refractivity contribution is 7.46. The minimum absolute atomic E-state index is 0.0104. The molecule has 0 aromatic carbocycles. The number of phosphoric acid groups is 1. The maximum absolute atomic E-state index is 11.0. The average molecular weight is 220 g/mol. The highest BCUT2D eigenvalue weighted by Gasteiger charge is 2.16. The van der Waals surface area contributed by atoms with Gasteiger partial charge in [-0.2, -0.15) is 0 Å². The van der Waals surface area contributed by atoms with Gasteiger partial charge >= 0.3 is 7.82 Å². The van der Waals surface area contributed by atoms with Gasteiger partial charge < -0.3 is 14.8 Å². The molecule has 8 heteroatoms. The van der Waals surface area contributed by atoms with Crippen LogP contribution in [0.2, 0.25) is 0 Å². The molecule has 1 heterocycles. The van der Waals surface area contributed by atoms with Crippen LogP contribution in [-0.4, -0.2) is 32.1 Å². The summed E-state index contributed by atoms with van der Waals surface area (Å²) in [6.45, 7) is -0.614. The van der Waals surface area contributed by atoms with Crippen molar-refractivity contribution in [3.8, 4) is 0 Å². The highest BCUT2D eigenvalue weighted by Crippen LogP contribution is 2.35. The maximum atomic E-state index is 11.0. The molecule has 0 saturated heterocycles. The van der Waals surface area contributed by atoms with E-state index in [1.807, 2.05) is 0 Å². The number of nitrogens with zero attached hydrogens (tertiary/aromatic N) is 1. The number of Topliss-reactive ketones (excluding diaryl/α,β-unsaturated/α-hetero) is 1. The number of imidazole rings is 1. The van der Waals surface area contributed by atoms with Crippen LogP contribution in [0.4, 0.5) is 0 Å². The molecular formula is C6H9N2O5P. The van der Waals surface area contributed by atoms with Crippen molar-refractivity contribution >= 4 is 13.6 Å². The molecule has 7 nitrogen and oxygen atoms in total. The topological polar surface area (TPSA) is 113 Å². The van der Waals surface area contributed by atoms with Crippen LogP contribution >= 0.6 is 7.82 Å². The second-order valence-corrected chi connectivity index (χ2v) is 3.78. The number of carbonyl (C=O) groups is 1. The Hall–Kier alpha value is -1.01. The molecule has 0 atom stereocenters. The molecule has 0 aliphatic heterocycles. The van der Waals surface area contributed by atoms with E-state index in [1.54, 1.807) is 0 Å². The number of rotatable bonds is 5. The molecule has 0 saturated carbocycles. The second-order valence-electron chi connectivity index (χ2n) is 2.54. The van der Waals surface area contributed by atoms with Crippen LogP contribution in [0.5, 0.6) is 0 Å². The van der Waals surface area contributed by atoms with E-state index in [1.165, 1.54) is 12.5 Å². The Kier molecular flexibility index (Phi) is 3.54. The number of phosphoric ester groups is 1. The van der Waals surface area contributed by atoms with Gasteiger partial charge in [-0.1, -0.05) is 0 Å². The summed E-state index contributed by atoms with van der Waals surface area (Å²) >= 11 is 0. The van der Waals surface area contributed by atoms with Gasteiger partial charge in [0, 0.05) is 6.20 Å². The number of hydrogen-bond donors (Lipinski definition) is 3.